The summed E-state index contributed by atoms with van der Waals surface area (Å²) in [6.45, 7) is 5.21. The average molecular weight is 471 g/mol. The Labute approximate surface area is 188 Å². The third kappa shape index (κ3) is 3.79. The third-order valence-electron chi connectivity index (χ3n) is 4.65. The molecule has 0 bridgehead atoms. The molecule has 2 heterocycles. The van der Waals surface area contributed by atoms with Crippen LogP contribution in [0.4, 0.5) is 0 Å². The van der Waals surface area contributed by atoms with E-state index >= 15 is 0 Å². The molecule has 0 spiro atoms. The quantitative estimate of drug-likeness (QED) is 0.656. The van der Waals surface area contributed by atoms with Gasteiger partial charge in [-0.1, -0.05) is 41.0 Å². The SMILES string of the molecule is CCOC(=O)C1=C(N)N2C(=O)[C@@H](C)SC2=C(C(=O)OCC)[C@H]1c1ccc(Cl)cc1Cl. The van der Waals surface area contributed by atoms with Gasteiger partial charge < -0.3 is 15.2 Å². The molecule has 1 fully saturated rings. The number of fused-ring (bicyclic) bond motifs is 1. The van der Waals surface area contributed by atoms with Gasteiger partial charge in [0.15, 0.2) is 0 Å². The molecule has 0 radical (unpaired) electrons. The highest BCUT2D eigenvalue weighted by atomic mass is 35.5. The Bertz CT molecular complexity index is 991. The minimum Gasteiger partial charge on any atom is -0.463 e. The summed E-state index contributed by atoms with van der Waals surface area (Å²) in [5.41, 5.74) is 6.80. The predicted octanol–water partition coefficient (Wildman–Crippen LogP) is 3.56. The van der Waals surface area contributed by atoms with Crippen LogP contribution >= 0.6 is 35.0 Å². The average Bonchev–Trinajstić information content (AvgIpc) is 2.96. The molecule has 1 aromatic rings. The number of hydrogen-bond donors (Lipinski definition) is 1. The van der Waals surface area contributed by atoms with E-state index in [1.54, 1.807) is 32.9 Å². The van der Waals surface area contributed by atoms with Crippen LogP contribution in [0.1, 0.15) is 32.3 Å². The summed E-state index contributed by atoms with van der Waals surface area (Å²) in [4.78, 5) is 39.9. The van der Waals surface area contributed by atoms with Crippen molar-refractivity contribution in [3.8, 4) is 0 Å². The molecule has 30 heavy (non-hydrogen) atoms. The summed E-state index contributed by atoms with van der Waals surface area (Å²) < 4.78 is 10.5. The first-order chi connectivity index (χ1) is 14.2. The highest BCUT2D eigenvalue weighted by Crippen LogP contribution is 2.50. The van der Waals surface area contributed by atoms with E-state index < -0.39 is 23.1 Å². The van der Waals surface area contributed by atoms with Gasteiger partial charge in [0.2, 0.25) is 5.91 Å². The van der Waals surface area contributed by atoms with Crippen molar-refractivity contribution < 1.29 is 23.9 Å². The largest absolute Gasteiger partial charge is 0.463 e. The van der Waals surface area contributed by atoms with Crippen LogP contribution in [0, 0.1) is 0 Å². The molecular weight excluding hydrogens is 451 g/mol. The number of halogens is 2. The smallest absolute Gasteiger partial charge is 0.338 e. The molecule has 10 heteroatoms. The molecule has 3 rings (SSSR count). The number of nitrogens with zero attached hydrogens (tertiary/aromatic N) is 1. The van der Waals surface area contributed by atoms with Crippen LogP contribution in [0.25, 0.3) is 0 Å². The Hall–Kier alpha value is -2.16. The summed E-state index contributed by atoms with van der Waals surface area (Å²) in [6.07, 6.45) is 0. The Kier molecular flexibility index (Phi) is 6.69. The fourth-order valence-electron chi connectivity index (χ4n) is 3.39. The van der Waals surface area contributed by atoms with E-state index in [4.69, 9.17) is 38.4 Å². The van der Waals surface area contributed by atoms with Crippen LogP contribution in [0.15, 0.2) is 40.2 Å². The van der Waals surface area contributed by atoms with Crippen molar-refractivity contribution in [2.24, 2.45) is 5.73 Å². The van der Waals surface area contributed by atoms with E-state index in [-0.39, 0.29) is 41.1 Å². The Balaban J connectivity index is 2.33. The van der Waals surface area contributed by atoms with Crippen molar-refractivity contribution in [2.75, 3.05) is 13.2 Å². The molecule has 2 N–H and O–H groups in total. The zero-order valence-corrected chi connectivity index (χ0v) is 18.9. The van der Waals surface area contributed by atoms with E-state index in [9.17, 15) is 14.4 Å². The van der Waals surface area contributed by atoms with Gasteiger partial charge in [-0.25, -0.2) is 9.59 Å². The lowest BCUT2D eigenvalue weighted by atomic mass is 9.82. The number of esters is 2. The lowest BCUT2D eigenvalue weighted by Gasteiger charge is -2.33. The van der Waals surface area contributed by atoms with E-state index in [2.05, 4.69) is 0 Å². The monoisotopic (exact) mass is 470 g/mol. The van der Waals surface area contributed by atoms with Crippen LogP contribution < -0.4 is 5.73 Å². The molecule has 2 atom stereocenters. The standard InChI is InChI=1S/C20H20Cl2N2O5S/c1-4-28-19(26)14-13(11-7-6-10(21)8-12(11)22)15(20(27)29-5-2)18-24(16(14)23)17(25)9(3)30-18/h6-9,13H,4-5,23H2,1-3H3/t9-,13+/m1/s1. The number of benzene rings is 1. The molecule has 7 nitrogen and oxygen atoms in total. The van der Waals surface area contributed by atoms with Gasteiger partial charge in [0.25, 0.3) is 0 Å². The number of carbonyl (C=O) groups excluding carboxylic acids is 3. The number of ether oxygens (including phenoxy) is 2. The predicted molar refractivity (Wildman–Crippen MR) is 115 cm³/mol. The third-order valence-corrected chi connectivity index (χ3v) is 6.39. The maximum atomic E-state index is 13.0. The topological polar surface area (TPSA) is 98.9 Å². The second-order valence-corrected chi connectivity index (χ2v) is 8.66. The molecule has 1 amide bonds. The van der Waals surface area contributed by atoms with E-state index in [0.29, 0.717) is 15.6 Å². The van der Waals surface area contributed by atoms with Gasteiger partial charge in [0, 0.05) is 10.0 Å². The summed E-state index contributed by atoms with van der Waals surface area (Å²) >= 11 is 13.7. The Morgan fingerprint density at radius 1 is 1.13 bits per heavy atom. The zero-order chi connectivity index (χ0) is 22.2. The van der Waals surface area contributed by atoms with Crippen LogP contribution in [0.5, 0.6) is 0 Å². The molecule has 1 saturated heterocycles. The summed E-state index contributed by atoms with van der Waals surface area (Å²) in [6, 6.07) is 4.71. The zero-order valence-electron chi connectivity index (χ0n) is 16.5. The van der Waals surface area contributed by atoms with Crippen molar-refractivity contribution in [1.29, 1.82) is 0 Å². The summed E-state index contributed by atoms with van der Waals surface area (Å²) in [7, 11) is 0. The Morgan fingerprint density at radius 3 is 2.30 bits per heavy atom. The Morgan fingerprint density at radius 2 is 1.73 bits per heavy atom. The maximum Gasteiger partial charge on any atom is 0.338 e. The molecule has 0 aromatic heterocycles. The maximum absolute atomic E-state index is 13.0. The van der Waals surface area contributed by atoms with Crippen LogP contribution in [0.2, 0.25) is 10.0 Å². The van der Waals surface area contributed by atoms with Crippen molar-refractivity contribution in [2.45, 2.75) is 31.9 Å². The molecular formula is C20H20Cl2N2O5S. The number of thioether (sulfide) groups is 1. The highest BCUT2D eigenvalue weighted by molar-refractivity contribution is 8.04. The van der Waals surface area contributed by atoms with Gasteiger partial charge in [-0.3, -0.25) is 9.69 Å². The molecule has 0 unspecified atom stereocenters. The fraction of sp³-hybridized carbons (Fsp3) is 0.350. The van der Waals surface area contributed by atoms with Crippen molar-refractivity contribution in [3.05, 3.63) is 55.8 Å². The first-order valence-corrected chi connectivity index (χ1v) is 10.9. The lowest BCUT2D eigenvalue weighted by molar-refractivity contribution is -0.139. The highest BCUT2D eigenvalue weighted by Gasteiger charge is 2.49. The number of rotatable bonds is 5. The normalized spacial score (nSPS) is 21.1. The van der Waals surface area contributed by atoms with E-state index in [1.165, 1.54) is 22.7 Å². The number of amides is 1. The second kappa shape index (κ2) is 8.91. The van der Waals surface area contributed by atoms with Gasteiger partial charge in [-0.05, 0) is 38.5 Å². The molecule has 2 aliphatic rings. The molecule has 160 valence electrons. The van der Waals surface area contributed by atoms with E-state index in [0.717, 1.165) is 0 Å². The van der Waals surface area contributed by atoms with Gasteiger partial charge in [0.1, 0.15) is 5.82 Å². The van der Waals surface area contributed by atoms with Gasteiger partial charge >= 0.3 is 11.9 Å². The molecule has 2 aliphatic heterocycles. The number of hydrogen-bond acceptors (Lipinski definition) is 7. The van der Waals surface area contributed by atoms with E-state index in [1.807, 2.05) is 0 Å². The summed E-state index contributed by atoms with van der Waals surface area (Å²) in [5, 5.41) is 0.457. The second-order valence-electron chi connectivity index (χ2n) is 6.49. The lowest BCUT2D eigenvalue weighted by Crippen LogP contribution is -2.40. The summed E-state index contributed by atoms with van der Waals surface area (Å²) in [5.74, 6) is -2.82. The van der Waals surface area contributed by atoms with Gasteiger partial charge in [-0.15, -0.1) is 0 Å². The van der Waals surface area contributed by atoms with Gasteiger partial charge in [0.05, 0.1) is 40.6 Å². The molecule has 0 saturated carbocycles. The fourth-order valence-corrected chi connectivity index (χ4v) is 5.07. The van der Waals surface area contributed by atoms with Crippen LogP contribution in [0.3, 0.4) is 0 Å². The molecule has 0 aliphatic carbocycles. The van der Waals surface area contributed by atoms with Crippen LogP contribution in [-0.4, -0.2) is 41.2 Å². The van der Waals surface area contributed by atoms with Crippen LogP contribution in [-0.2, 0) is 23.9 Å². The minimum atomic E-state index is -0.982. The first kappa shape index (κ1) is 22.5. The first-order valence-electron chi connectivity index (χ1n) is 9.26. The van der Waals surface area contributed by atoms with Gasteiger partial charge in [-0.2, -0.15) is 0 Å². The van der Waals surface area contributed by atoms with Crippen molar-refractivity contribution in [1.82, 2.24) is 4.90 Å². The minimum absolute atomic E-state index is 0.0454. The number of carbonyl (C=O) groups is 3. The molecule has 1 aromatic carbocycles. The van der Waals surface area contributed by atoms with Crippen molar-refractivity contribution in [3.63, 3.8) is 0 Å². The van der Waals surface area contributed by atoms with Crippen molar-refractivity contribution >= 4 is 52.8 Å². The number of nitrogens with two attached hydrogens (primary N) is 1.